The van der Waals surface area contributed by atoms with Gasteiger partial charge in [0.2, 0.25) is 15.9 Å². The van der Waals surface area contributed by atoms with Gasteiger partial charge in [0.25, 0.3) is 0 Å². The van der Waals surface area contributed by atoms with E-state index in [2.05, 4.69) is 10.2 Å². The number of nitrogens with zero attached hydrogens (tertiary/aromatic N) is 2. The molecule has 1 aliphatic heterocycles. The molecule has 0 unspecified atom stereocenters. The van der Waals surface area contributed by atoms with E-state index in [1.807, 2.05) is 51.1 Å². The molecule has 1 heterocycles. The molecule has 1 N–H and O–H groups in total. The van der Waals surface area contributed by atoms with Gasteiger partial charge in [-0.1, -0.05) is 13.0 Å². The predicted octanol–water partition coefficient (Wildman–Crippen LogP) is 4.09. The van der Waals surface area contributed by atoms with Crippen LogP contribution in [-0.2, 0) is 14.8 Å². The first kappa shape index (κ1) is 22.2. The summed E-state index contributed by atoms with van der Waals surface area (Å²) >= 11 is 0. The molecule has 1 atom stereocenters. The first-order valence-corrected chi connectivity index (χ1v) is 12.3. The van der Waals surface area contributed by atoms with Crippen LogP contribution in [0, 0.1) is 13.8 Å². The molecule has 0 saturated carbocycles. The molecule has 1 saturated heterocycles. The fourth-order valence-corrected chi connectivity index (χ4v) is 5.29. The summed E-state index contributed by atoms with van der Waals surface area (Å²) in [4.78, 5) is 15.4. The molecule has 0 radical (unpaired) electrons. The van der Waals surface area contributed by atoms with Crippen molar-refractivity contribution in [3.63, 3.8) is 0 Å². The van der Waals surface area contributed by atoms with Crippen LogP contribution in [-0.4, -0.2) is 39.7 Å². The average molecular weight is 430 g/mol. The Morgan fingerprint density at radius 3 is 2.13 bits per heavy atom. The average Bonchev–Trinajstić information content (AvgIpc) is 3.19. The van der Waals surface area contributed by atoms with Crippen molar-refractivity contribution in [2.45, 2.75) is 46.1 Å². The van der Waals surface area contributed by atoms with Crippen LogP contribution in [0.3, 0.4) is 0 Å². The predicted molar refractivity (Wildman–Crippen MR) is 124 cm³/mol. The molecule has 162 valence electrons. The van der Waals surface area contributed by atoms with Gasteiger partial charge in [0.1, 0.15) is 6.04 Å². The number of rotatable bonds is 7. The molecular weight excluding hydrogens is 398 g/mol. The van der Waals surface area contributed by atoms with Gasteiger partial charge in [-0.15, -0.1) is 0 Å². The van der Waals surface area contributed by atoms with Crippen LogP contribution in [0.15, 0.2) is 42.5 Å². The Balaban J connectivity index is 1.83. The molecule has 1 aliphatic rings. The van der Waals surface area contributed by atoms with Crippen LogP contribution >= 0.6 is 0 Å². The molecule has 30 heavy (non-hydrogen) atoms. The minimum atomic E-state index is -3.65. The Bertz CT molecular complexity index is 977. The van der Waals surface area contributed by atoms with E-state index in [9.17, 15) is 13.2 Å². The van der Waals surface area contributed by atoms with Crippen molar-refractivity contribution < 1.29 is 13.2 Å². The van der Waals surface area contributed by atoms with E-state index in [4.69, 9.17) is 0 Å². The number of anilines is 3. The zero-order valence-electron chi connectivity index (χ0n) is 18.2. The van der Waals surface area contributed by atoms with Crippen molar-refractivity contribution >= 4 is 33.0 Å². The van der Waals surface area contributed by atoms with Crippen LogP contribution in [0.2, 0.25) is 0 Å². The van der Waals surface area contributed by atoms with Gasteiger partial charge in [0, 0.05) is 24.5 Å². The summed E-state index contributed by atoms with van der Waals surface area (Å²) in [7, 11) is -3.65. The topological polar surface area (TPSA) is 69.7 Å². The van der Waals surface area contributed by atoms with Gasteiger partial charge < -0.3 is 10.2 Å². The summed E-state index contributed by atoms with van der Waals surface area (Å²) in [6.07, 6.45) is 3.91. The Morgan fingerprint density at radius 2 is 1.63 bits per heavy atom. The lowest BCUT2D eigenvalue weighted by molar-refractivity contribution is -0.117. The lowest BCUT2D eigenvalue weighted by Gasteiger charge is -2.30. The third kappa shape index (κ3) is 5.14. The van der Waals surface area contributed by atoms with Gasteiger partial charge in [-0.05, 0) is 80.6 Å². The van der Waals surface area contributed by atoms with Crippen molar-refractivity contribution in [2.24, 2.45) is 0 Å². The van der Waals surface area contributed by atoms with E-state index in [-0.39, 0.29) is 5.91 Å². The van der Waals surface area contributed by atoms with E-state index in [0.717, 1.165) is 36.2 Å². The van der Waals surface area contributed by atoms with Gasteiger partial charge in [-0.25, -0.2) is 8.42 Å². The maximum Gasteiger partial charge on any atom is 0.248 e. The van der Waals surface area contributed by atoms with Crippen molar-refractivity contribution in [1.82, 2.24) is 0 Å². The standard InChI is InChI=1S/C23H31N3O3S/c1-5-22(26(30(4,28)29)21-15-17(2)14-18(3)16-21)23(27)24-19-8-10-20(11-9-19)25-12-6-7-13-25/h8-11,14-16,22H,5-7,12-13H2,1-4H3,(H,24,27)/t22-/m1/s1. The van der Waals surface area contributed by atoms with Crippen LogP contribution in [0.1, 0.15) is 37.3 Å². The maximum atomic E-state index is 13.1. The SMILES string of the molecule is CC[C@H](C(=O)Nc1ccc(N2CCCC2)cc1)N(c1cc(C)cc(C)c1)S(C)(=O)=O. The Labute approximate surface area is 179 Å². The monoisotopic (exact) mass is 429 g/mol. The minimum absolute atomic E-state index is 0.337. The number of carbonyl (C=O) groups excluding carboxylic acids is 1. The van der Waals surface area contributed by atoms with Crippen LogP contribution in [0.25, 0.3) is 0 Å². The van der Waals surface area contributed by atoms with Gasteiger partial charge in [0.15, 0.2) is 0 Å². The fraction of sp³-hybridized carbons (Fsp3) is 0.435. The molecule has 0 spiro atoms. The molecule has 0 bridgehead atoms. The lowest BCUT2D eigenvalue weighted by Crippen LogP contribution is -2.47. The first-order chi connectivity index (χ1) is 14.2. The van der Waals surface area contributed by atoms with E-state index in [1.54, 1.807) is 12.1 Å². The third-order valence-electron chi connectivity index (χ3n) is 5.40. The molecule has 0 aliphatic carbocycles. The fourth-order valence-electron chi connectivity index (χ4n) is 4.09. The second kappa shape index (κ2) is 9.08. The van der Waals surface area contributed by atoms with Crippen LogP contribution in [0.4, 0.5) is 17.1 Å². The van der Waals surface area contributed by atoms with Gasteiger partial charge in [-0.2, -0.15) is 0 Å². The molecule has 7 heteroatoms. The number of hydrogen-bond donors (Lipinski definition) is 1. The van der Waals surface area contributed by atoms with E-state index >= 15 is 0 Å². The van der Waals surface area contributed by atoms with Crippen molar-refractivity contribution in [1.29, 1.82) is 0 Å². The quantitative estimate of drug-likeness (QED) is 0.720. The molecule has 1 amide bonds. The number of hydrogen-bond acceptors (Lipinski definition) is 4. The molecule has 0 aromatic heterocycles. The number of carbonyl (C=O) groups is 1. The zero-order valence-corrected chi connectivity index (χ0v) is 19.0. The smallest absolute Gasteiger partial charge is 0.248 e. The minimum Gasteiger partial charge on any atom is -0.372 e. The van der Waals surface area contributed by atoms with Gasteiger partial charge >= 0.3 is 0 Å². The summed E-state index contributed by atoms with van der Waals surface area (Å²) in [6, 6.07) is 12.5. The molecular formula is C23H31N3O3S. The summed E-state index contributed by atoms with van der Waals surface area (Å²) in [6.45, 7) is 7.77. The van der Waals surface area contributed by atoms with Gasteiger partial charge in [0.05, 0.1) is 11.9 Å². The maximum absolute atomic E-state index is 13.1. The highest BCUT2D eigenvalue weighted by molar-refractivity contribution is 7.92. The largest absolute Gasteiger partial charge is 0.372 e. The van der Waals surface area contributed by atoms with Crippen molar-refractivity contribution in [3.05, 3.63) is 53.6 Å². The van der Waals surface area contributed by atoms with Crippen molar-refractivity contribution in [2.75, 3.05) is 33.9 Å². The Kier molecular flexibility index (Phi) is 6.71. The van der Waals surface area contributed by atoms with Crippen LogP contribution < -0.4 is 14.5 Å². The summed E-state index contributed by atoms with van der Waals surface area (Å²) < 4.78 is 26.5. The van der Waals surface area contributed by atoms with Crippen LogP contribution in [0.5, 0.6) is 0 Å². The third-order valence-corrected chi connectivity index (χ3v) is 6.58. The second-order valence-corrected chi connectivity index (χ2v) is 9.92. The highest BCUT2D eigenvalue weighted by Gasteiger charge is 2.31. The molecule has 2 aromatic carbocycles. The highest BCUT2D eigenvalue weighted by atomic mass is 32.2. The number of benzene rings is 2. The normalized spacial score (nSPS) is 15.1. The number of aryl methyl sites for hydroxylation is 2. The first-order valence-electron chi connectivity index (χ1n) is 10.4. The zero-order chi connectivity index (χ0) is 21.9. The summed E-state index contributed by atoms with van der Waals surface area (Å²) in [5.74, 6) is -0.337. The molecule has 6 nitrogen and oxygen atoms in total. The summed E-state index contributed by atoms with van der Waals surface area (Å²) in [5.41, 5.74) is 4.22. The second-order valence-electron chi connectivity index (χ2n) is 8.06. The number of sulfonamides is 1. The lowest BCUT2D eigenvalue weighted by atomic mass is 10.1. The molecule has 1 fully saturated rings. The van der Waals surface area contributed by atoms with Crippen molar-refractivity contribution in [3.8, 4) is 0 Å². The van der Waals surface area contributed by atoms with E-state index < -0.39 is 16.1 Å². The Hall–Kier alpha value is -2.54. The Morgan fingerprint density at radius 1 is 1.07 bits per heavy atom. The molecule has 3 rings (SSSR count). The van der Waals surface area contributed by atoms with E-state index in [1.165, 1.54) is 17.1 Å². The van der Waals surface area contributed by atoms with E-state index in [0.29, 0.717) is 17.8 Å². The van der Waals surface area contributed by atoms with Gasteiger partial charge in [-0.3, -0.25) is 9.10 Å². The molecule has 2 aromatic rings. The number of amides is 1. The number of nitrogens with one attached hydrogen (secondary N) is 1. The highest BCUT2D eigenvalue weighted by Crippen LogP contribution is 2.27. The summed E-state index contributed by atoms with van der Waals surface area (Å²) in [5, 5.41) is 2.90.